The third-order valence-electron chi connectivity index (χ3n) is 7.77. The fraction of sp³-hybridized carbons (Fsp3) is 0.355. The van der Waals surface area contributed by atoms with Crippen LogP contribution in [0.2, 0.25) is 0 Å². The fourth-order valence-electron chi connectivity index (χ4n) is 5.45. The number of nitrogens with zero attached hydrogens (tertiary/aromatic N) is 1. The van der Waals surface area contributed by atoms with Crippen molar-refractivity contribution in [2.75, 3.05) is 11.4 Å². The molecule has 0 saturated carbocycles. The number of thiophene rings is 1. The monoisotopic (exact) mass is 594 g/mol. The summed E-state index contributed by atoms with van der Waals surface area (Å²) in [6, 6.07) is 11.4. The van der Waals surface area contributed by atoms with Gasteiger partial charge in [0.15, 0.2) is 0 Å². The first-order valence-corrected chi connectivity index (χ1v) is 14.7. The summed E-state index contributed by atoms with van der Waals surface area (Å²) in [5.41, 5.74) is 1.47. The first kappa shape index (κ1) is 29.4. The lowest BCUT2D eigenvalue weighted by molar-refractivity contribution is -0.143. The maximum absolute atomic E-state index is 13.9. The predicted octanol–water partition coefficient (Wildman–Crippen LogP) is 3.42. The fourth-order valence-corrected chi connectivity index (χ4v) is 6.15. The minimum atomic E-state index is -1.57. The van der Waals surface area contributed by atoms with Crippen LogP contribution >= 0.6 is 11.3 Å². The van der Waals surface area contributed by atoms with Gasteiger partial charge in [0.2, 0.25) is 23.6 Å². The maximum Gasteiger partial charge on any atom is 0.249 e. The van der Waals surface area contributed by atoms with Crippen molar-refractivity contribution in [3.63, 3.8) is 0 Å². The van der Waals surface area contributed by atoms with E-state index in [9.17, 15) is 28.0 Å². The van der Waals surface area contributed by atoms with Crippen LogP contribution in [0.15, 0.2) is 53.9 Å². The molecule has 220 valence electrons. The third kappa shape index (κ3) is 6.20. The molecule has 1 aromatic heterocycles. The Morgan fingerprint density at radius 3 is 2.45 bits per heavy atom. The standard InChI is InChI=1S/C31H32F2N4O4S/c1-31(2,29(40)35-16-18-11-21(32)14-22(33)12-18)30(41)36-25-9-8-19-5-3-6-20-13-23(37(27(19)20)28(25)39)17-34-26(38)15-24-7-4-10-42-24/h3-7,10-12,14,23,25H,8-9,13,15-17H2,1-2H3,(H,34,38)(H,35,40)(H,36,41)/t23-,25-/m0/s1. The molecule has 8 nitrogen and oxygen atoms in total. The molecule has 42 heavy (non-hydrogen) atoms. The Bertz CT molecular complexity index is 1500. The first-order valence-electron chi connectivity index (χ1n) is 13.8. The van der Waals surface area contributed by atoms with Gasteiger partial charge in [-0.2, -0.15) is 0 Å². The van der Waals surface area contributed by atoms with E-state index < -0.39 is 34.9 Å². The van der Waals surface area contributed by atoms with E-state index in [-0.39, 0.29) is 42.9 Å². The Hall–Kier alpha value is -4.12. The summed E-state index contributed by atoms with van der Waals surface area (Å²) in [5.74, 6) is -3.26. The van der Waals surface area contributed by atoms with E-state index in [0.29, 0.717) is 19.3 Å². The zero-order valence-corrected chi connectivity index (χ0v) is 24.2. The minimum Gasteiger partial charge on any atom is -0.354 e. The Morgan fingerprint density at radius 1 is 1.00 bits per heavy atom. The topological polar surface area (TPSA) is 108 Å². The highest BCUT2D eigenvalue weighted by molar-refractivity contribution is 7.10. The van der Waals surface area contributed by atoms with Crippen LogP contribution in [0.1, 0.15) is 41.8 Å². The molecule has 0 radical (unpaired) electrons. The van der Waals surface area contributed by atoms with Gasteiger partial charge in [0, 0.05) is 24.0 Å². The number of anilines is 1. The van der Waals surface area contributed by atoms with Crippen LogP contribution in [0.5, 0.6) is 0 Å². The van der Waals surface area contributed by atoms with E-state index in [1.54, 1.807) is 4.90 Å². The van der Waals surface area contributed by atoms with E-state index in [1.165, 1.54) is 25.2 Å². The summed E-state index contributed by atoms with van der Waals surface area (Å²) < 4.78 is 27.1. The van der Waals surface area contributed by atoms with Gasteiger partial charge in [-0.05, 0) is 73.4 Å². The molecule has 2 atom stereocenters. The van der Waals surface area contributed by atoms with Crippen LogP contribution in [-0.4, -0.2) is 42.3 Å². The second-order valence-electron chi connectivity index (χ2n) is 11.2. The highest BCUT2D eigenvalue weighted by Crippen LogP contribution is 2.39. The van der Waals surface area contributed by atoms with E-state index in [1.807, 2.05) is 35.7 Å². The normalized spacial score (nSPS) is 17.8. The molecule has 0 saturated heterocycles. The molecule has 11 heteroatoms. The SMILES string of the molecule is CC(C)(C(=O)NCc1cc(F)cc(F)c1)C(=O)N[C@H]1CCc2cccc3c2N(C1=O)[C@H](CNC(=O)Cc1cccs1)C3. The summed E-state index contributed by atoms with van der Waals surface area (Å²) >= 11 is 1.51. The molecule has 3 N–H and O–H groups in total. The van der Waals surface area contributed by atoms with Gasteiger partial charge in [0.1, 0.15) is 23.1 Å². The maximum atomic E-state index is 13.9. The van der Waals surface area contributed by atoms with E-state index >= 15 is 0 Å². The highest BCUT2D eigenvalue weighted by atomic mass is 32.1. The van der Waals surface area contributed by atoms with Gasteiger partial charge in [-0.15, -0.1) is 11.3 Å². The van der Waals surface area contributed by atoms with E-state index in [2.05, 4.69) is 16.0 Å². The molecule has 2 aromatic carbocycles. The van der Waals surface area contributed by atoms with Crippen LogP contribution in [-0.2, 0) is 45.0 Å². The highest BCUT2D eigenvalue weighted by Gasteiger charge is 2.43. The molecule has 0 aliphatic carbocycles. The number of nitrogens with one attached hydrogen (secondary N) is 3. The van der Waals surface area contributed by atoms with Crippen molar-refractivity contribution < 1.29 is 28.0 Å². The third-order valence-corrected chi connectivity index (χ3v) is 8.64. The Balaban J connectivity index is 1.26. The van der Waals surface area contributed by atoms with Gasteiger partial charge >= 0.3 is 0 Å². The largest absolute Gasteiger partial charge is 0.354 e. The number of carbonyl (C=O) groups is 4. The number of benzene rings is 2. The molecule has 0 unspecified atom stereocenters. The Labute approximate surface area is 246 Å². The lowest BCUT2D eigenvalue weighted by Gasteiger charge is -2.30. The Morgan fingerprint density at radius 2 is 1.74 bits per heavy atom. The van der Waals surface area contributed by atoms with Gasteiger partial charge in [0.25, 0.3) is 0 Å². The zero-order valence-electron chi connectivity index (χ0n) is 23.3. The molecule has 2 aliphatic rings. The Kier molecular flexibility index (Phi) is 8.40. The molecule has 0 spiro atoms. The van der Waals surface area contributed by atoms with Gasteiger partial charge in [-0.25, -0.2) is 8.78 Å². The molecule has 3 heterocycles. The van der Waals surface area contributed by atoms with Crippen LogP contribution in [0.25, 0.3) is 0 Å². The summed E-state index contributed by atoms with van der Waals surface area (Å²) in [5, 5.41) is 10.2. The van der Waals surface area contributed by atoms with Gasteiger partial charge in [-0.3, -0.25) is 19.2 Å². The number of hydrogen-bond donors (Lipinski definition) is 3. The minimum absolute atomic E-state index is 0.130. The van der Waals surface area contributed by atoms with Crippen molar-refractivity contribution in [2.24, 2.45) is 5.41 Å². The number of para-hydroxylation sites is 1. The van der Waals surface area contributed by atoms with Crippen molar-refractivity contribution in [3.8, 4) is 0 Å². The molecule has 3 aromatic rings. The van der Waals surface area contributed by atoms with Gasteiger partial charge in [-0.1, -0.05) is 24.3 Å². The molecule has 0 bridgehead atoms. The lowest BCUT2D eigenvalue weighted by atomic mass is 9.90. The van der Waals surface area contributed by atoms with Crippen molar-refractivity contribution in [3.05, 3.63) is 87.1 Å². The zero-order chi connectivity index (χ0) is 30.0. The van der Waals surface area contributed by atoms with E-state index in [4.69, 9.17) is 0 Å². The molecule has 0 fully saturated rings. The molecule has 5 rings (SSSR count). The molecule has 4 amide bonds. The lowest BCUT2D eigenvalue weighted by Crippen LogP contribution is -2.56. The average molecular weight is 595 g/mol. The number of rotatable bonds is 9. The van der Waals surface area contributed by atoms with Crippen LogP contribution < -0.4 is 20.9 Å². The molecular weight excluding hydrogens is 562 g/mol. The van der Waals surface area contributed by atoms with Crippen molar-refractivity contribution in [1.29, 1.82) is 0 Å². The number of halogens is 2. The average Bonchev–Trinajstić information content (AvgIpc) is 3.56. The van der Waals surface area contributed by atoms with Gasteiger partial charge < -0.3 is 20.9 Å². The summed E-state index contributed by atoms with van der Waals surface area (Å²) in [7, 11) is 0. The number of hydrogen-bond acceptors (Lipinski definition) is 5. The summed E-state index contributed by atoms with van der Waals surface area (Å²) in [6.07, 6.45) is 1.73. The molecular formula is C31H32F2N4O4S. The van der Waals surface area contributed by atoms with Crippen molar-refractivity contribution >= 4 is 40.7 Å². The summed E-state index contributed by atoms with van der Waals surface area (Å²) in [4.78, 5) is 55.5. The quantitative estimate of drug-likeness (QED) is 0.330. The molecule has 2 aliphatic heterocycles. The van der Waals surface area contributed by atoms with Gasteiger partial charge in [0.05, 0.1) is 18.2 Å². The van der Waals surface area contributed by atoms with Crippen LogP contribution in [0.4, 0.5) is 14.5 Å². The second kappa shape index (κ2) is 12.0. The first-order chi connectivity index (χ1) is 20.0. The van der Waals surface area contributed by atoms with Crippen molar-refractivity contribution in [2.45, 2.75) is 58.2 Å². The van der Waals surface area contributed by atoms with Crippen LogP contribution in [0, 0.1) is 17.0 Å². The summed E-state index contributed by atoms with van der Waals surface area (Å²) in [6.45, 7) is 2.96. The number of aryl methyl sites for hydroxylation is 1. The predicted molar refractivity (Wildman–Crippen MR) is 155 cm³/mol. The van der Waals surface area contributed by atoms with E-state index in [0.717, 1.165) is 39.9 Å². The number of carbonyl (C=O) groups excluding carboxylic acids is 4. The number of amides is 4. The smallest absolute Gasteiger partial charge is 0.249 e. The second-order valence-corrected chi connectivity index (χ2v) is 12.2. The van der Waals surface area contributed by atoms with Crippen molar-refractivity contribution in [1.82, 2.24) is 16.0 Å². The van der Waals surface area contributed by atoms with Crippen LogP contribution in [0.3, 0.4) is 0 Å².